The Balaban J connectivity index is 1.79. The third kappa shape index (κ3) is 4.78. The Hall–Kier alpha value is -1.10. The van der Waals surface area contributed by atoms with Gasteiger partial charge in [-0.25, -0.2) is 0 Å². The van der Waals surface area contributed by atoms with Crippen molar-refractivity contribution >= 4 is 50.5 Å². The molecule has 0 saturated heterocycles. The fraction of sp³-hybridized carbons (Fsp3) is 0.133. The number of halogens is 2. The van der Waals surface area contributed by atoms with Crippen LogP contribution in [0.1, 0.15) is 5.56 Å². The molecule has 0 aliphatic carbocycles. The van der Waals surface area contributed by atoms with Crippen molar-refractivity contribution in [2.45, 2.75) is 6.42 Å². The van der Waals surface area contributed by atoms with E-state index in [1.165, 1.54) is 5.56 Å². The summed E-state index contributed by atoms with van der Waals surface area (Å²) < 4.78 is 0.868. The van der Waals surface area contributed by atoms with Gasteiger partial charge in [0.2, 0.25) is 0 Å². The summed E-state index contributed by atoms with van der Waals surface area (Å²) in [6, 6.07) is 15.9. The molecular formula is C15H14BrClN2S. The van der Waals surface area contributed by atoms with E-state index in [1.54, 1.807) is 0 Å². The first-order chi connectivity index (χ1) is 9.65. The molecule has 0 saturated carbocycles. The molecule has 2 aromatic carbocycles. The highest BCUT2D eigenvalue weighted by molar-refractivity contribution is 9.10. The van der Waals surface area contributed by atoms with Gasteiger partial charge in [0.15, 0.2) is 5.11 Å². The molecule has 2 nitrogen and oxygen atoms in total. The maximum Gasteiger partial charge on any atom is 0.170 e. The van der Waals surface area contributed by atoms with E-state index in [-0.39, 0.29) is 0 Å². The first kappa shape index (κ1) is 15.3. The van der Waals surface area contributed by atoms with Gasteiger partial charge in [-0.1, -0.05) is 41.9 Å². The molecule has 0 unspecified atom stereocenters. The summed E-state index contributed by atoms with van der Waals surface area (Å²) in [4.78, 5) is 0. The van der Waals surface area contributed by atoms with Gasteiger partial charge in [0.1, 0.15) is 0 Å². The van der Waals surface area contributed by atoms with Crippen molar-refractivity contribution < 1.29 is 0 Å². The van der Waals surface area contributed by atoms with Crippen molar-refractivity contribution in [3.05, 3.63) is 63.6 Å². The highest BCUT2D eigenvalue weighted by Gasteiger charge is 2.01. The van der Waals surface area contributed by atoms with Crippen LogP contribution in [0.4, 0.5) is 5.69 Å². The molecule has 0 heterocycles. The lowest BCUT2D eigenvalue weighted by Crippen LogP contribution is -2.30. The summed E-state index contributed by atoms with van der Waals surface area (Å²) in [6.45, 7) is 0.792. The van der Waals surface area contributed by atoms with Gasteiger partial charge in [-0.2, -0.15) is 0 Å². The van der Waals surface area contributed by atoms with Gasteiger partial charge < -0.3 is 10.6 Å². The Bertz CT molecular complexity index is 590. The normalized spacial score (nSPS) is 10.1. The van der Waals surface area contributed by atoms with Crippen LogP contribution < -0.4 is 10.6 Å². The average molecular weight is 370 g/mol. The van der Waals surface area contributed by atoms with Gasteiger partial charge in [-0.3, -0.25) is 0 Å². The second kappa shape index (κ2) is 7.62. The molecule has 2 N–H and O–H groups in total. The predicted octanol–water partition coefficient (Wildman–Crippen LogP) is 4.63. The van der Waals surface area contributed by atoms with Gasteiger partial charge >= 0.3 is 0 Å². The van der Waals surface area contributed by atoms with Crippen LogP contribution in [-0.4, -0.2) is 11.7 Å². The highest BCUT2D eigenvalue weighted by atomic mass is 79.9. The molecule has 0 aliphatic rings. The number of hydrogen-bond acceptors (Lipinski definition) is 1. The largest absolute Gasteiger partial charge is 0.362 e. The smallest absolute Gasteiger partial charge is 0.170 e. The number of thiocarbonyl (C=S) groups is 1. The second-order valence-electron chi connectivity index (χ2n) is 4.25. The summed E-state index contributed by atoms with van der Waals surface area (Å²) in [6.07, 6.45) is 0.934. The highest BCUT2D eigenvalue weighted by Crippen LogP contribution is 2.25. The monoisotopic (exact) mass is 368 g/mol. The third-order valence-electron chi connectivity index (χ3n) is 2.72. The van der Waals surface area contributed by atoms with Gasteiger partial charge in [0, 0.05) is 16.7 Å². The fourth-order valence-electron chi connectivity index (χ4n) is 1.71. The zero-order chi connectivity index (χ0) is 14.4. The lowest BCUT2D eigenvalue weighted by Gasteiger charge is -2.11. The molecule has 0 radical (unpaired) electrons. The van der Waals surface area contributed by atoms with E-state index in [2.05, 4.69) is 38.7 Å². The molecule has 0 atom stereocenters. The number of benzene rings is 2. The maximum atomic E-state index is 6.03. The Morgan fingerprint density at radius 2 is 1.90 bits per heavy atom. The molecule has 0 aromatic heterocycles. The topological polar surface area (TPSA) is 24.1 Å². The lowest BCUT2D eigenvalue weighted by molar-refractivity contribution is 0.873. The van der Waals surface area contributed by atoms with Crippen LogP contribution in [0.2, 0.25) is 5.02 Å². The van der Waals surface area contributed by atoms with Crippen molar-refractivity contribution in [3.63, 3.8) is 0 Å². The Morgan fingerprint density at radius 3 is 2.60 bits per heavy atom. The van der Waals surface area contributed by atoms with Crippen molar-refractivity contribution in [3.8, 4) is 0 Å². The van der Waals surface area contributed by atoms with Crippen LogP contribution in [0, 0.1) is 0 Å². The summed E-state index contributed by atoms with van der Waals surface area (Å²) in [5, 5.41) is 7.54. The van der Waals surface area contributed by atoms with E-state index in [0.29, 0.717) is 10.1 Å². The van der Waals surface area contributed by atoms with Crippen LogP contribution in [0.25, 0.3) is 0 Å². The van der Waals surface area contributed by atoms with E-state index in [1.807, 2.05) is 36.4 Å². The number of rotatable bonds is 4. The summed E-state index contributed by atoms with van der Waals surface area (Å²) in [7, 11) is 0. The van der Waals surface area contributed by atoms with Gasteiger partial charge in [0.25, 0.3) is 0 Å². The van der Waals surface area contributed by atoms with Crippen molar-refractivity contribution in [2.24, 2.45) is 0 Å². The van der Waals surface area contributed by atoms with Gasteiger partial charge in [-0.15, -0.1) is 0 Å². The van der Waals surface area contributed by atoms with Gasteiger partial charge in [-0.05, 0) is 58.3 Å². The van der Waals surface area contributed by atoms with Crippen molar-refractivity contribution in [2.75, 3.05) is 11.9 Å². The summed E-state index contributed by atoms with van der Waals surface area (Å²) in [5.74, 6) is 0. The molecule has 104 valence electrons. The molecule has 0 aliphatic heterocycles. The summed E-state index contributed by atoms with van der Waals surface area (Å²) >= 11 is 14.6. The second-order valence-corrected chi connectivity index (χ2v) is 5.92. The Morgan fingerprint density at radius 1 is 1.15 bits per heavy atom. The van der Waals surface area contributed by atoms with E-state index in [9.17, 15) is 0 Å². The molecule has 2 rings (SSSR count). The van der Waals surface area contributed by atoms with Gasteiger partial charge in [0.05, 0.1) is 5.02 Å². The van der Waals surface area contributed by atoms with E-state index < -0.39 is 0 Å². The zero-order valence-corrected chi connectivity index (χ0v) is 13.9. The first-order valence-corrected chi connectivity index (χ1v) is 7.77. The average Bonchev–Trinajstić information content (AvgIpc) is 2.44. The van der Waals surface area contributed by atoms with Crippen LogP contribution in [0.3, 0.4) is 0 Å². The van der Waals surface area contributed by atoms with E-state index in [0.717, 1.165) is 23.1 Å². The molecular weight excluding hydrogens is 356 g/mol. The fourth-order valence-corrected chi connectivity index (χ4v) is 2.36. The van der Waals surface area contributed by atoms with E-state index in [4.69, 9.17) is 23.8 Å². The van der Waals surface area contributed by atoms with Crippen LogP contribution >= 0.6 is 39.7 Å². The SMILES string of the molecule is S=C(NCCc1ccccc1)Nc1ccc(Br)c(Cl)c1. The molecule has 5 heteroatoms. The predicted molar refractivity (Wildman–Crippen MR) is 93.5 cm³/mol. The third-order valence-corrected chi connectivity index (χ3v) is 4.20. The molecule has 0 fully saturated rings. The number of nitrogens with one attached hydrogen (secondary N) is 2. The minimum absolute atomic E-state index is 0.597. The van der Waals surface area contributed by atoms with Crippen LogP contribution in [0.5, 0.6) is 0 Å². The molecule has 0 amide bonds. The van der Waals surface area contributed by atoms with E-state index >= 15 is 0 Å². The minimum atomic E-state index is 0.597. The standard InChI is InChI=1S/C15H14BrClN2S/c16-13-7-6-12(10-14(13)17)19-15(20)18-9-8-11-4-2-1-3-5-11/h1-7,10H,8-9H2,(H2,18,19,20). The lowest BCUT2D eigenvalue weighted by atomic mass is 10.1. The molecule has 2 aromatic rings. The molecule has 0 spiro atoms. The minimum Gasteiger partial charge on any atom is -0.362 e. The van der Waals surface area contributed by atoms with Crippen molar-refractivity contribution in [1.29, 1.82) is 0 Å². The Labute approximate surface area is 137 Å². The number of hydrogen-bond donors (Lipinski definition) is 2. The quantitative estimate of drug-likeness (QED) is 0.768. The summed E-state index contributed by atoms with van der Waals surface area (Å²) in [5.41, 5.74) is 2.16. The van der Waals surface area contributed by atoms with Crippen molar-refractivity contribution in [1.82, 2.24) is 5.32 Å². The number of anilines is 1. The molecule has 0 bridgehead atoms. The maximum absolute atomic E-state index is 6.03. The first-order valence-electron chi connectivity index (χ1n) is 6.19. The Kier molecular flexibility index (Phi) is 5.83. The zero-order valence-electron chi connectivity index (χ0n) is 10.7. The van der Waals surface area contributed by atoms with Crippen LogP contribution in [0.15, 0.2) is 53.0 Å². The molecule has 20 heavy (non-hydrogen) atoms. The van der Waals surface area contributed by atoms with Crippen LogP contribution in [-0.2, 0) is 6.42 Å².